The molecule has 158 valence electrons. The number of ether oxygens (including phenoxy) is 1. The number of hydrogen-bond acceptors (Lipinski definition) is 4. The van der Waals surface area contributed by atoms with Crippen molar-refractivity contribution >= 4 is 40.7 Å². The van der Waals surface area contributed by atoms with E-state index in [0.29, 0.717) is 28.1 Å². The van der Waals surface area contributed by atoms with Crippen LogP contribution in [0.1, 0.15) is 21.6 Å². The smallest absolute Gasteiger partial charge is 0.269 e. The Labute approximate surface area is 189 Å². The molecule has 1 aliphatic heterocycles. The molecule has 0 unspecified atom stereocenters. The number of halogens is 2. The van der Waals surface area contributed by atoms with Crippen molar-refractivity contribution in [1.82, 2.24) is 10.3 Å². The van der Waals surface area contributed by atoms with Gasteiger partial charge < -0.3 is 15.0 Å². The van der Waals surface area contributed by atoms with Gasteiger partial charge in [0.2, 0.25) is 5.91 Å². The average Bonchev–Trinajstić information content (AvgIpc) is 3.16. The molecule has 0 saturated heterocycles. The predicted molar refractivity (Wildman–Crippen MR) is 120 cm³/mol. The van der Waals surface area contributed by atoms with Crippen molar-refractivity contribution in [2.75, 3.05) is 18.5 Å². The van der Waals surface area contributed by atoms with Crippen molar-refractivity contribution in [2.45, 2.75) is 12.8 Å². The van der Waals surface area contributed by atoms with Crippen LogP contribution in [0.2, 0.25) is 10.0 Å². The van der Waals surface area contributed by atoms with Gasteiger partial charge in [-0.05, 0) is 60.0 Å². The quantitative estimate of drug-likeness (QED) is 0.606. The van der Waals surface area contributed by atoms with Crippen molar-refractivity contribution in [1.29, 1.82) is 0 Å². The van der Waals surface area contributed by atoms with Gasteiger partial charge in [-0.3, -0.25) is 14.6 Å². The number of carbonyl (C=O) groups excluding carboxylic acids is 2. The monoisotopic (exact) mass is 455 g/mol. The van der Waals surface area contributed by atoms with E-state index in [0.717, 1.165) is 23.2 Å². The molecule has 2 amide bonds. The summed E-state index contributed by atoms with van der Waals surface area (Å²) in [6.07, 6.45) is 2.47. The van der Waals surface area contributed by atoms with Crippen molar-refractivity contribution < 1.29 is 14.3 Å². The molecule has 1 aromatic heterocycles. The predicted octanol–water partition coefficient (Wildman–Crippen LogP) is 4.67. The summed E-state index contributed by atoms with van der Waals surface area (Å²) < 4.78 is 5.90. The summed E-state index contributed by atoms with van der Waals surface area (Å²) in [6.45, 7) is 0.599. The Bertz CT molecular complexity index is 1150. The van der Waals surface area contributed by atoms with E-state index in [1.54, 1.807) is 48.3 Å². The molecular weight excluding hydrogens is 437 g/mol. The van der Waals surface area contributed by atoms with Crippen LogP contribution in [0.3, 0.4) is 0 Å². The van der Waals surface area contributed by atoms with E-state index in [-0.39, 0.29) is 23.9 Å². The number of benzene rings is 2. The topological polar surface area (TPSA) is 71.5 Å². The minimum absolute atomic E-state index is 0.0184. The fraction of sp³-hybridized carbons (Fsp3) is 0.174. The third kappa shape index (κ3) is 4.81. The number of anilines is 1. The second-order valence-corrected chi connectivity index (χ2v) is 7.97. The lowest BCUT2D eigenvalue weighted by atomic mass is 10.1. The Morgan fingerprint density at radius 3 is 2.55 bits per heavy atom. The average molecular weight is 456 g/mol. The van der Waals surface area contributed by atoms with E-state index in [1.807, 2.05) is 12.1 Å². The van der Waals surface area contributed by atoms with E-state index >= 15 is 0 Å². The number of rotatable bonds is 5. The molecule has 3 aromatic rings. The zero-order valence-electron chi connectivity index (χ0n) is 16.7. The molecule has 2 aromatic carbocycles. The molecule has 1 N–H and O–H groups in total. The molecule has 0 aliphatic carbocycles. The molecule has 4 rings (SSSR count). The van der Waals surface area contributed by atoms with Crippen LogP contribution < -0.4 is 15.0 Å². The summed E-state index contributed by atoms with van der Waals surface area (Å²) in [5.41, 5.74) is 2.95. The zero-order chi connectivity index (χ0) is 22.0. The van der Waals surface area contributed by atoms with Crippen molar-refractivity contribution in [2.24, 2.45) is 0 Å². The molecule has 0 fully saturated rings. The van der Waals surface area contributed by atoms with Gasteiger partial charge in [0.25, 0.3) is 5.91 Å². The SMILES string of the molecule is CNC(=O)c1cc(Oc2ccc3c(c2)CCN3C(=O)Cc2cc(Cl)cc(Cl)c2)ccn1. The highest BCUT2D eigenvalue weighted by Crippen LogP contribution is 2.33. The lowest BCUT2D eigenvalue weighted by molar-refractivity contribution is -0.117. The number of fused-ring (bicyclic) bond motifs is 1. The summed E-state index contributed by atoms with van der Waals surface area (Å²) in [5, 5.41) is 3.55. The molecule has 0 saturated carbocycles. The van der Waals surface area contributed by atoms with Gasteiger partial charge in [-0.2, -0.15) is 0 Å². The van der Waals surface area contributed by atoms with Gasteiger partial charge >= 0.3 is 0 Å². The first-order chi connectivity index (χ1) is 14.9. The van der Waals surface area contributed by atoms with Crippen LogP contribution in [-0.2, 0) is 17.6 Å². The van der Waals surface area contributed by atoms with Gasteiger partial charge in [-0.25, -0.2) is 0 Å². The first kappa shape index (κ1) is 21.2. The molecule has 2 heterocycles. The third-order valence-corrected chi connectivity index (χ3v) is 5.39. The number of hydrogen-bond donors (Lipinski definition) is 1. The number of nitrogens with zero attached hydrogens (tertiary/aromatic N) is 2. The first-order valence-corrected chi connectivity index (χ1v) is 10.4. The number of carbonyl (C=O) groups is 2. The maximum absolute atomic E-state index is 12.9. The molecule has 0 radical (unpaired) electrons. The van der Waals surface area contributed by atoms with E-state index in [4.69, 9.17) is 27.9 Å². The van der Waals surface area contributed by atoms with Crippen LogP contribution in [0.4, 0.5) is 5.69 Å². The van der Waals surface area contributed by atoms with Crippen LogP contribution in [0, 0.1) is 0 Å². The normalized spacial score (nSPS) is 12.4. The largest absolute Gasteiger partial charge is 0.457 e. The van der Waals surface area contributed by atoms with Gasteiger partial charge in [0.15, 0.2) is 0 Å². The number of pyridine rings is 1. The number of nitrogens with one attached hydrogen (secondary N) is 1. The summed E-state index contributed by atoms with van der Waals surface area (Å²) >= 11 is 12.1. The van der Waals surface area contributed by atoms with Crippen molar-refractivity contribution in [3.05, 3.63) is 81.6 Å². The van der Waals surface area contributed by atoms with Crippen LogP contribution in [0.5, 0.6) is 11.5 Å². The molecule has 6 nitrogen and oxygen atoms in total. The standard InChI is InChI=1S/C23H19Cl2N3O3/c1-26-23(30)20-13-19(4-6-27-20)31-18-2-3-21-15(11-18)5-7-28(21)22(29)10-14-8-16(24)12-17(25)9-14/h2-4,6,8-9,11-13H,5,7,10H2,1H3,(H,26,30). The Kier molecular flexibility index (Phi) is 6.11. The molecular formula is C23H19Cl2N3O3. The Balaban J connectivity index is 1.49. The minimum atomic E-state index is -0.283. The van der Waals surface area contributed by atoms with Gasteiger partial charge in [0, 0.05) is 41.6 Å². The second kappa shape index (κ2) is 8.96. The first-order valence-electron chi connectivity index (χ1n) is 9.67. The van der Waals surface area contributed by atoms with E-state index in [1.165, 1.54) is 6.20 Å². The fourth-order valence-electron chi connectivity index (χ4n) is 3.55. The molecule has 0 bridgehead atoms. The van der Waals surface area contributed by atoms with Crippen LogP contribution in [0.15, 0.2) is 54.7 Å². The van der Waals surface area contributed by atoms with E-state index in [2.05, 4.69) is 10.3 Å². The van der Waals surface area contributed by atoms with Gasteiger partial charge in [0.1, 0.15) is 17.2 Å². The zero-order valence-corrected chi connectivity index (χ0v) is 18.2. The molecule has 0 atom stereocenters. The lowest BCUT2D eigenvalue weighted by Crippen LogP contribution is -2.30. The lowest BCUT2D eigenvalue weighted by Gasteiger charge is -2.18. The molecule has 8 heteroatoms. The molecule has 1 aliphatic rings. The van der Waals surface area contributed by atoms with Crippen LogP contribution in [-0.4, -0.2) is 30.4 Å². The summed E-state index contributed by atoms with van der Waals surface area (Å²) in [7, 11) is 1.55. The molecule has 31 heavy (non-hydrogen) atoms. The third-order valence-electron chi connectivity index (χ3n) is 4.95. The maximum Gasteiger partial charge on any atom is 0.269 e. The van der Waals surface area contributed by atoms with E-state index in [9.17, 15) is 9.59 Å². The summed E-state index contributed by atoms with van der Waals surface area (Å²) in [5.74, 6) is 0.839. The molecule has 0 spiro atoms. The number of aromatic nitrogens is 1. The van der Waals surface area contributed by atoms with Crippen molar-refractivity contribution in [3.63, 3.8) is 0 Å². The van der Waals surface area contributed by atoms with Gasteiger partial charge in [-0.15, -0.1) is 0 Å². The highest BCUT2D eigenvalue weighted by atomic mass is 35.5. The van der Waals surface area contributed by atoms with Crippen LogP contribution >= 0.6 is 23.2 Å². The van der Waals surface area contributed by atoms with Crippen LogP contribution in [0.25, 0.3) is 0 Å². The Hall–Kier alpha value is -3.09. The fourth-order valence-corrected chi connectivity index (χ4v) is 4.12. The summed E-state index contributed by atoms with van der Waals surface area (Å²) in [6, 6.07) is 14.0. The van der Waals surface area contributed by atoms with Crippen molar-refractivity contribution in [3.8, 4) is 11.5 Å². The highest BCUT2D eigenvalue weighted by molar-refractivity contribution is 6.34. The Morgan fingerprint density at radius 1 is 1.06 bits per heavy atom. The van der Waals surface area contributed by atoms with Gasteiger partial charge in [0.05, 0.1) is 6.42 Å². The second-order valence-electron chi connectivity index (χ2n) is 7.10. The Morgan fingerprint density at radius 2 is 1.81 bits per heavy atom. The summed E-state index contributed by atoms with van der Waals surface area (Å²) in [4.78, 5) is 30.4. The maximum atomic E-state index is 12.9. The highest BCUT2D eigenvalue weighted by Gasteiger charge is 2.25. The van der Waals surface area contributed by atoms with Gasteiger partial charge in [-0.1, -0.05) is 23.2 Å². The minimum Gasteiger partial charge on any atom is -0.457 e. The number of amides is 2. The van der Waals surface area contributed by atoms with E-state index < -0.39 is 0 Å².